The smallest absolute Gasteiger partial charge is 0.326 e. The number of aryl methyl sites for hydroxylation is 1. The normalized spacial score (nSPS) is 10.8. The van der Waals surface area contributed by atoms with Crippen LogP contribution in [-0.2, 0) is 22.5 Å². The van der Waals surface area contributed by atoms with Gasteiger partial charge in [-0.2, -0.15) is 0 Å². The Morgan fingerprint density at radius 2 is 2.26 bits per heavy atom. The average Bonchev–Trinajstić information content (AvgIpc) is 2.78. The van der Waals surface area contributed by atoms with E-state index in [1.807, 2.05) is 13.0 Å². The van der Waals surface area contributed by atoms with Crippen molar-refractivity contribution in [2.45, 2.75) is 26.8 Å². The topological polar surface area (TPSA) is 64.1 Å². The Morgan fingerprint density at radius 1 is 1.53 bits per heavy atom. The molecule has 2 heterocycles. The second kappa shape index (κ2) is 5.66. The highest BCUT2D eigenvalue weighted by molar-refractivity contribution is 7.71. The van der Waals surface area contributed by atoms with Gasteiger partial charge < -0.3 is 9.72 Å². The molecule has 19 heavy (non-hydrogen) atoms. The first kappa shape index (κ1) is 14.0. The number of hydrogen-bond donors (Lipinski definition) is 1. The van der Waals surface area contributed by atoms with Gasteiger partial charge in [-0.1, -0.05) is 6.92 Å². The summed E-state index contributed by atoms with van der Waals surface area (Å²) < 4.78 is 6.32. The highest BCUT2D eigenvalue weighted by atomic mass is 32.1. The average molecular weight is 298 g/mol. The van der Waals surface area contributed by atoms with Crippen LogP contribution in [0, 0.1) is 4.77 Å². The maximum atomic E-state index is 12.3. The Hall–Kier alpha value is -1.47. The van der Waals surface area contributed by atoms with Crippen molar-refractivity contribution in [3.05, 3.63) is 26.1 Å². The lowest BCUT2D eigenvalue weighted by Gasteiger charge is -2.05. The summed E-state index contributed by atoms with van der Waals surface area (Å²) in [6.07, 6.45) is 0.858. The van der Waals surface area contributed by atoms with E-state index in [2.05, 4.69) is 4.98 Å². The third kappa shape index (κ3) is 2.76. The van der Waals surface area contributed by atoms with Gasteiger partial charge in [0.05, 0.1) is 12.0 Å². The van der Waals surface area contributed by atoms with Crippen LogP contribution < -0.4 is 5.56 Å². The predicted molar refractivity (Wildman–Crippen MR) is 77.3 cm³/mol. The molecule has 7 heteroatoms. The lowest BCUT2D eigenvalue weighted by molar-refractivity contribution is -0.143. The van der Waals surface area contributed by atoms with E-state index in [-0.39, 0.29) is 23.5 Å². The summed E-state index contributed by atoms with van der Waals surface area (Å²) in [6.45, 7) is 3.87. The molecule has 0 aromatic carbocycles. The Morgan fingerprint density at radius 3 is 2.89 bits per heavy atom. The SMILES string of the molecule is CCOC(=O)Cn1c(=S)[nH]c2sc(CC)cc2c1=O. The molecule has 2 aromatic rings. The molecule has 0 aliphatic rings. The van der Waals surface area contributed by atoms with Gasteiger partial charge in [0.15, 0.2) is 4.77 Å². The molecule has 102 valence electrons. The summed E-state index contributed by atoms with van der Waals surface area (Å²) in [6, 6.07) is 1.84. The Labute approximate surface area is 118 Å². The van der Waals surface area contributed by atoms with Crippen molar-refractivity contribution < 1.29 is 9.53 Å². The fraction of sp³-hybridized carbons (Fsp3) is 0.417. The number of aromatic amines is 1. The predicted octanol–water partition coefficient (Wildman–Crippen LogP) is 2.25. The Kier molecular flexibility index (Phi) is 4.16. The molecule has 0 fully saturated rings. The number of esters is 1. The van der Waals surface area contributed by atoms with Crippen molar-refractivity contribution >= 4 is 39.7 Å². The molecule has 0 saturated carbocycles. The van der Waals surface area contributed by atoms with Gasteiger partial charge in [0.1, 0.15) is 11.4 Å². The third-order valence-corrected chi connectivity index (χ3v) is 4.18. The lowest BCUT2D eigenvalue weighted by atomic mass is 10.3. The van der Waals surface area contributed by atoms with Crippen molar-refractivity contribution in [1.82, 2.24) is 9.55 Å². The minimum Gasteiger partial charge on any atom is -0.465 e. The van der Waals surface area contributed by atoms with Gasteiger partial charge in [-0.15, -0.1) is 11.3 Å². The number of aromatic nitrogens is 2. The molecule has 0 amide bonds. The molecular formula is C12H14N2O3S2. The minimum absolute atomic E-state index is 0.157. The van der Waals surface area contributed by atoms with Crippen LogP contribution in [0.15, 0.2) is 10.9 Å². The molecular weight excluding hydrogens is 284 g/mol. The zero-order valence-electron chi connectivity index (χ0n) is 10.7. The monoisotopic (exact) mass is 298 g/mol. The zero-order chi connectivity index (χ0) is 14.0. The van der Waals surface area contributed by atoms with Gasteiger partial charge in [0.2, 0.25) is 0 Å². The zero-order valence-corrected chi connectivity index (χ0v) is 12.3. The van der Waals surface area contributed by atoms with E-state index in [9.17, 15) is 9.59 Å². The highest BCUT2D eigenvalue weighted by Gasteiger charge is 2.12. The maximum absolute atomic E-state index is 12.3. The molecule has 0 bridgehead atoms. The molecule has 2 rings (SSSR count). The van der Waals surface area contributed by atoms with Gasteiger partial charge in [-0.05, 0) is 31.6 Å². The first-order valence-electron chi connectivity index (χ1n) is 5.98. The standard InChI is InChI=1S/C12H14N2O3S2/c1-3-7-5-8-10(19-7)13-12(18)14(11(8)16)6-9(15)17-4-2/h5H,3-4,6H2,1-2H3,(H,13,18). The fourth-order valence-corrected chi connectivity index (χ4v) is 3.05. The van der Waals surface area contributed by atoms with Crippen molar-refractivity contribution in [2.24, 2.45) is 0 Å². The molecule has 0 radical (unpaired) electrons. The third-order valence-electron chi connectivity index (χ3n) is 2.67. The van der Waals surface area contributed by atoms with Crippen LogP contribution in [0.1, 0.15) is 18.7 Å². The molecule has 0 unspecified atom stereocenters. The maximum Gasteiger partial charge on any atom is 0.326 e. The quantitative estimate of drug-likeness (QED) is 0.694. The number of nitrogens with one attached hydrogen (secondary N) is 1. The number of H-pyrrole nitrogens is 1. The van der Waals surface area contributed by atoms with E-state index in [0.29, 0.717) is 5.39 Å². The summed E-state index contributed by atoms with van der Waals surface area (Å²) in [7, 11) is 0. The van der Waals surface area contributed by atoms with E-state index in [1.54, 1.807) is 6.92 Å². The number of fused-ring (bicyclic) bond motifs is 1. The van der Waals surface area contributed by atoms with Gasteiger partial charge >= 0.3 is 5.97 Å². The molecule has 0 saturated heterocycles. The molecule has 0 spiro atoms. The van der Waals surface area contributed by atoms with Gasteiger partial charge in [-0.25, -0.2) is 0 Å². The first-order valence-corrected chi connectivity index (χ1v) is 7.20. The first-order chi connectivity index (χ1) is 9.06. The summed E-state index contributed by atoms with van der Waals surface area (Å²) in [5, 5.41) is 0.569. The summed E-state index contributed by atoms with van der Waals surface area (Å²) in [5.41, 5.74) is -0.247. The second-order valence-corrected chi connectivity index (χ2v) is 5.46. The molecule has 0 atom stereocenters. The van der Waals surface area contributed by atoms with Crippen molar-refractivity contribution in [1.29, 1.82) is 0 Å². The van der Waals surface area contributed by atoms with Crippen LogP contribution >= 0.6 is 23.6 Å². The summed E-state index contributed by atoms with van der Waals surface area (Å²) in [4.78, 5) is 28.6. The van der Waals surface area contributed by atoms with Gasteiger partial charge in [-0.3, -0.25) is 14.2 Å². The highest BCUT2D eigenvalue weighted by Crippen LogP contribution is 2.21. The van der Waals surface area contributed by atoms with Crippen LogP contribution in [0.2, 0.25) is 0 Å². The van der Waals surface area contributed by atoms with Crippen molar-refractivity contribution in [3.63, 3.8) is 0 Å². The van der Waals surface area contributed by atoms with Crippen molar-refractivity contribution in [2.75, 3.05) is 6.61 Å². The van der Waals surface area contributed by atoms with Crippen LogP contribution in [0.5, 0.6) is 0 Å². The summed E-state index contributed by atoms with van der Waals surface area (Å²) >= 11 is 6.63. The van der Waals surface area contributed by atoms with Crippen molar-refractivity contribution in [3.8, 4) is 0 Å². The van der Waals surface area contributed by atoms with E-state index in [1.165, 1.54) is 15.9 Å². The Bertz CT molecular complexity index is 727. The summed E-state index contributed by atoms with van der Waals surface area (Å²) in [5.74, 6) is -0.464. The number of nitrogens with zero attached hydrogens (tertiary/aromatic N) is 1. The number of thiophene rings is 1. The molecule has 1 N–H and O–H groups in total. The lowest BCUT2D eigenvalue weighted by Crippen LogP contribution is -2.26. The van der Waals surface area contributed by atoms with E-state index >= 15 is 0 Å². The number of rotatable bonds is 4. The van der Waals surface area contributed by atoms with E-state index < -0.39 is 5.97 Å². The number of hydrogen-bond acceptors (Lipinski definition) is 5. The fourth-order valence-electron chi connectivity index (χ4n) is 1.75. The molecule has 0 aliphatic carbocycles. The second-order valence-electron chi connectivity index (χ2n) is 3.94. The van der Waals surface area contributed by atoms with E-state index in [0.717, 1.165) is 16.1 Å². The van der Waals surface area contributed by atoms with Gasteiger partial charge in [0.25, 0.3) is 5.56 Å². The molecule has 2 aromatic heterocycles. The van der Waals surface area contributed by atoms with Gasteiger partial charge in [0, 0.05) is 4.88 Å². The molecule has 0 aliphatic heterocycles. The van der Waals surface area contributed by atoms with E-state index in [4.69, 9.17) is 17.0 Å². The van der Waals surface area contributed by atoms with Crippen LogP contribution in [0.3, 0.4) is 0 Å². The number of ether oxygens (including phenoxy) is 1. The number of carbonyl (C=O) groups excluding carboxylic acids is 1. The Balaban J connectivity index is 2.53. The molecule has 5 nitrogen and oxygen atoms in total. The van der Waals surface area contributed by atoms with Crippen LogP contribution in [-0.4, -0.2) is 22.1 Å². The van der Waals surface area contributed by atoms with Crippen LogP contribution in [0.25, 0.3) is 10.2 Å². The van der Waals surface area contributed by atoms with Crippen LogP contribution in [0.4, 0.5) is 0 Å². The minimum atomic E-state index is -0.464. The number of carbonyl (C=O) groups is 1. The largest absolute Gasteiger partial charge is 0.465 e.